The molecule has 0 saturated carbocycles. The number of nitrogens with two attached hydrogens (primary N) is 1. The average molecular weight is 299 g/mol. The summed E-state index contributed by atoms with van der Waals surface area (Å²) in [6, 6.07) is 7.30. The van der Waals surface area contributed by atoms with Gasteiger partial charge in [0.1, 0.15) is 5.84 Å². The molecule has 0 saturated heterocycles. The summed E-state index contributed by atoms with van der Waals surface area (Å²) in [6.07, 6.45) is 5.10. The van der Waals surface area contributed by atoms with Gasteiger partial charge in [-0.3, -0.25) is 5.41 Å². The van der Waals surface area contributed by atoms with Gasteiger partial charge in [-0.1, -0.05) is 63.8 Å². The van der Waals surface area contributed by atoms with Gasteiger partial charge in [0.15, 0.2) is 0 Å². The Morgan fingerprint density at radius 2 is 1.75 bits per heavy atom. The quantitative estimate of drug-likeness (QED) is 0.385. The van der Waals surface area contributed by atoms with Gasteiger partial charge < -0.3 is 10.8 Å². The molecule has 114 valence electrons. The Kier molecular flexibility index (Phi) is 9.26. The van der Waals surface area contributed by atoms with Crippen molar-refractivity contribution in [1.29, 1.82) is 5.41 Å². The van der Waals surface area contributed by atoms with Crippen molar-refractivity contribution in [1.82, 2.24) is 0 Å². The van der Waals surface area contributed by atoms with E-state index in [1.54, 1.807) is 12.1 Å². The van der Waals surface area contributed by atoms with E-state index in [2.05, 4.69) is 13.8 Å². The van der Waals surface area contributed by atoms with Crippen molar-refractivity contribution in [3.63, 3.8) is 0 Å². The van der Waals surface area contributed by atoms with Crippen LogP contribution in [0, 0.1) is 11.3 Å². The molecule has 0 aliphatic rings. The Hall–Kier alpha value is -1.06. The van der Waals surface area contributed by atoms with E-state index in [-0.39, 0.29) is 18.2 Å². The molecule has 20 heavy (non-hydrogen) atoms. The number of hydrogen-bond donors (Lipinski definition) is 3. The molecular weight excluding hydrogens is 272 g/mol. The molecule has 0 spiro atoms. The van der Waals surface area contributed by atoms with Gasteiger partial charge in [0.2, 0.25) is 0 Å². The third-order valence-corrected chi connectivity index (χ3v) is 3.73. The highest BCUT2D eigenvalue weighted by Crippen LogP contribution is 2.21. The Balaban J connectivity index is 0.00000361. The molecule has 0 radical (unpaired) electrons. The highest BCUT2D eigenvalue weighted by atomic mass is 35.5. The Labute approximate surface area is 128 Å². The zero-order valence-electron chi connectivity index (χ0n) is 12.4. The van der Waals surface area contributed by atoms with Crippen LogP contribution in [-0.2, 0) is 0 Å². The lowest BCUT2D eigenvalue weighted by Gasteiger charge is -2.12. The molecule has 1 rings (SSSR count). The van der Waals surface area contributed by atoms with Crippen LogP contribution in [0.3, 0.4) is 0 Å². The summed E-state index contributed by atoms with van der Waals surface area (Å²) in [5.41, 5.74) is 7.01. The van der Waals surface area contributed by atoms with Gasteiger partial charge in [-0.15, -0.1) is 12.4 Å². The lowest BCUT2D eigenvalue weighted by atomic mass is 9.97. The lowest BCUT2D eigenvalue weighted by Crippen LogP contribution is -2.11. The molecule has 3 nitrogen and oxygen atoms in total. The third-order valence-electron chi connectivity index (χ3n) is 3.73. The first-order valence-corrected chi connectivity index (χ1v) is 7.17. The van der Waals surface area contributed by atoms with Gasteiger partial charge in [0.05, 0.1) is 6.10 Å². The number of amidine groups is 1. The predicted octanol–water partition coefficient (Wildman–Crippen LogP) is 4.03. The maximum Gasteiger partial charge on any atom is 0.122 e. The van der Waals surface area contributed by atoms with E-state index in [0.717, 1.165) is 24.3 Å². The number of aliphatic hydroxyl groups excluding tert-OH is 1. The molecule has 1 aromatic carbocycles. The molecule has 0 aliphatic heterocycles. The minimum Gasteiger partial charge on any atom is -0.388 e. The molecule has 4 N–H and O–H groups in total. The minimum atomic E-state index is -0.405. The minimum absolute atomic E-state index is 0. The normalized spacial score (nSPS) is 13.3. The fraction of sp³-hybridized carbons (Fsp3) is 0.562. The van der Waals surface area contributed by atoms with Crippen LogP contribution in [0.5, 0.6) is 0 Å². The Morgan fingerprint density at radius 3 is 2.25 bits per heavy atom. The highest BCUT2D eigenvalue weighted by molar-refractivity contribution is 5.94. The van der Waals surface area contributed by atoms with Crippen molar-refractivity contribution in [3.8, 4) is 0 Å². The summed E-state index contributed by atoms with van der Waals surface area (Å²) in [4.78, 5) is 0. The van der Waals surface area contributed by atoms with E-state index in [4.69, 9.17) is 11.1 Å². The second-order valence-electron chi connectivity index (χ2n) is 5.35. The largest absolute Gasteiger partial charge is 0.388 e. The van der Waals surface area contributed by atoms with Crippen LogP contribution in [0.15, 0.2) is 24.3 Å². The van der Waals surface area contributed by atoms with Crippen molar-refractivity contribution in [2.45, 2.75) is 52.1 Å². The first-order chi connectivity index (χ1) is 9.04. The van der Waals surface area contributed by atoms with Crippen molar-refractivity contribution in [2.24, 2.45) is 11.7 Å². The van der Waals surface area contributed by atoms with Crippen molar-refractivity contribution < 1.29 is 5.11 Å². The molecule has 0 bridgehead atoms. The van der Waals surface area contributed by atoms with E-state index >= 15 is 0 Å². The number of hydrogen-bond acceptors (Lipinski definition) is 2. The van der Waals surface area contributed by atoms with Gasteiger partial charge in [0, 0.05) is 5.56 Å². The fourth-order valence-electron chi connectivity index (χ4n) is 2.09. The summed E-state index contributed by atoms with van der Waals surface area (Å²) >= 11 is 0. The smallest absolute Gasteiger partial charge is 0.122 e. The van der Waals surface area contributed by atoms with E-state index in [0.29, 0.717) is 5.56 Å². The molecule has 1 aromatic rings. The van der Waals surface area contributed by atoms with Gasteiger partial charge >= 0.3 is 0 Å². The highest BCUT2D eigenvalue weighted by Gasteiger charge is 2.08. The van der Waals surface area contributed by atoms with Crippen LogP contribution in [0.1, 0.15) is 63.2 Å². The molecule has 4 heteroatoms. The van der Waals surface area contributed by atoms with Gasteiger partial charge in [-0.05, 0) is 17.9 Å². The molecule has 0 amide bonds. The number of halogens is 1. The molecule has 1 unspecified atom stereocenters. The summed E-state index contributed by atoms with van der Waals surface area (Å²) in [5, 5.41) is 17.4. The number of unbranched alkanes of at least 4 members (excludes halogenated alkanes) is 1. The average Bonchev–Trinajstić information content (AvgIpc) is 2.43. The Bertz CT molecular complexity index is 392. The van der Waals surface area contributed by atoms with Crippen LogP contribution in [0.25, 0.3) is 0 Å². The van der Waals surface area contributed by atoms with Gasteiger partial charge in [0.25, 0.3) is 0 Å². The number of nitrogens with one attached hydrogen (secondary N) is 1. The molecule has 2 atom stereocenters. The first kappa shape index (κ1) is 18.9. The van der Waals surface area contributed by atoms with E-state index in [1.165, 1.54) is 19.3 Å². The standard InChI is InChI=1S/C16H26N2O.ClH/c1-3-12(2)6-4-5-7-15(19)13-8-10-14(11-9-13)16(17)18;/h8-12,15,19H,3-7H2,1-2H3,(H3,17,18);1H/t12?,15-;/m0./s1. The predicted molar refractivity (Wildman–Crippen MR) is 87.6 cm³/mol. The van der Waals surface area contributed by atoms with Crippen LogP contribution < -0.4 is 5.73 Å². The SMILES string of the molecule is CCC(C)CCCC[C@H](O)c1ccc(C(=N)N)cc1.Cl. The number of nitrogen functional groups attached to an aromatic ring is 1. The number of aliphatic hydroxyl groups is 1. The topological polar surface area (TPSA) is 70.1 Å². The monoisotopic (exact) mass is 298 g/mol. The summed E-state index contributed by atoms with van der Waals surface area (Å²) < 4.78 is 0. The molecule has 0 aliphatic carbocycles. The molecule has 0 aromatic heterocycles. The zero-order valence-corrected chi connectivity index (χ0v) is 13.2. The van der Waals surface area contributed by atoms with Crippen LogP contribution in [0.2, 0.25) is 0 Å². The summed E-state index contributed by atoms with van der Waals surface area (Å²) in [5.74, 6) is 0.849. The Morgan fingerprint density at radius 1 is 1.20 bits per heavy atom. The second-order valence-corrected chi connectivity index (χ2v) is 5.35. The molecular formula is C16H27ClN2O. The van der Waals surface area contributed by atoms with E-state index in [1.807, 2.05) is 12.1 Å². The number of rotatable bonds is 8. The fourth-order valence-corrected chi connectivity index (χ4v) is 2.09. The van der Waals surface area contributed by atoms with Crippen LogP contribution in [-0.4, -0.2) is 10.9 Å². The molecule has 0 heterocycles. The van der Waals surface area contributed by atoms with Crippen molar-refractivity contribution in [3.05, 3.63) is 35.4 Å². The summed E-state index contributed by atoms with van der Waals surface area (Å²) in [7, 11) is 0. The van der Waals surface area contributed by atoms with Crippen LogP contribution in [0.4, 0.5) is 0 Å². The first-order valence-electron chi connectivity index (χ1n) is 7.17. The summed E-state index contributed by atoms with van der Waals surface area (Å²) in [6.45, 7) is 4.49. The van der Waals surface area contributed by atoms with E-state index in [9.17, 15) is 5.11 Å². The number of benzene rings is 1. The lowest BCUT2D eigenvalue weighted by molar-refractivity contribution is 0.162. The zero-order chi connectivity index (χ0) is 14.3. The van der Waals surface area contributed by atoms with Crippen LogP contribution >= 0.6 is 12.4 Å². The maximum atomic E-state index is 10.1. The van der Waals surface area contributed by atoms with Crippen molar-refractivity contribution >= 4 is 18.2 Å². The maximum absolute atomic E-state index is 10.1. The van der Waals surface area contributed by atoms with Gasteiger partial charge in [-0.25, -0.2) is 0 Å². The van der Waals surface area contributed by atoms with Gasteiger partial charge in [-0.2, -0.15) is 0 Å². The van der Waals surface area contributed by atoms with Crippen molar-refractivity contribution in [2.75, 3.05) is 0 Å². The van der Waals surface area contributed by atoms with E-state index < -0.39 is 6.10 Å². The second kappa shape index (κ2) is 9.78. The third kappa shape index (κ3) is 6.40. The molecule has 0 fully saturated rings.